The van der Waals surface area contributed by atoms with Gasteiger partial charge in [-0.2, -0.15) is 13.2 Å². The number of hydrogen-bond acceptors (Lipinski definition) is 2. The van der Waals surface area contributed by atoms with Gasteiger partial charge in [0.15, 0.2) is 0 Å². The summed E-state index contributed by atoms with van der Waals surface area (Å²) in [6.45, 7) is 0.250. The average Bonchev–Trinajstić information content (AvgIpc) is 2.67. The van der Waals surface area contributed by atoms with E-state index in [4.69, 9.17) is 0 Å². The minimum atomic E-state index is -4.37. The molecule has 3 amide bonds. The van der Waals surface area contributed by atoms with Gasteiger partial charge in [0.2, 0.25) is 5.91 Å². The van der Waals surface area contributed by atoms with Gasteiger partial charge in [-0.25, -0.2) is 4.79 Å². The summed E-state index contributed by atoms with van der Waals surface area (Å²) < 4.78 is 37.8. The van der Waals surface area contributed by atoms with E-state index >= 15 is 0 Å². The Morgan fingerprint density at radius 3 is 2.17 bits per heavy atom. The number of alkyl halides is 3. The molecule has 0 saturated heterocycles. The Bertz CT molecular complexity index is 806. The minimum absolute atomic E-state index is 0.114. The van der Waals surface area contributed by atoms with Gasteiger partial charge in [0.25, 0.3) is 0 Å². The standard InChI is InChI=1S/C21H24F3N3O2/c1-27(2)19(28)14-18(16-6-4-3-5-7-16)26-20(29)25-13-12-15-8-10-17(11-9-15)21(22,23)24/h3-11,18H,12-14H2,1-2H3,(H2,25,26,29). The van der Waals surface area contributed by atoms with E-state index in [0.29, 0.717) is 12.0 Å². The zero-order valence-electron chi connectivity index (χ0n) is 16.3. The molecule has 2 aromatic rings. The number of urea groups is 1. The van der Waals surface area contributed by atoms with Crippen molar-refractivity contribution in [1.29, 1.82) is 0 Å². The van der Waals surface area contributed by atoms with E-state index in [0.717, 1.165) is 17.7 Å². The monoisotopic (exact) mass is 407 g/mol. The SMILES string of the molecule is CN(C)C(=O)CC(NC(=O)NCCc1ccc(C(F)(F)F)cc1)c1ccccc1. The van der Waals surface area contributed by atoms with Crippen LogP contribution in [0.4, 0.5) is 18.0 Å². The van der Waals surface area contributed by atoms with Crippen molar-refractivity contribution in [2.45, 2.75) is 25.1 Å². The molecule has 0 heterocycles. The van der Waals surface area contributed by atoms with Crippen molar-refractivity contribution < 1.29 is 22.8 Å². The van der Waals surface area contributed by atoms with Gasteiger partial charge in [0.1, 0.15) is 0 Å². The van der Waals surface area contributed by atoms with Crippen LogP contribution in [0.15, 0.2) is 54.6 Å². The third-order valence-electron chi connectivity index (χ3n) is 4.37. The summed E-state index contributed by atoms with van der Waals surface area (Å²) in [6, 6.07) is 13.1. The maximum atomic E-state index is 12.6. The predicted octanol–water partition coefficient (Wildman–Crippen LogP) is 3.77. The van der Waals surface area contributed by atoms with Crippen LogP contribution in [-0.4, -0.2) is 37.5 Å². The lowest BCUT2D eigenvalue weighted by molar-refractivity contribution is -0.137. The molecule has 2 N–H and O–H groups in total. The summed E-state index contributed by atoms with van der Waals surface area (Å²) in [4.78, 5) is 25.8. The molecule has 0 bridgehead atoms. The highest BCUT2D eigenvalue weighted by molar-refractivity contribution is 5.79. The van der Waals surface area contributed by atoms with Crippen LogP contribution >= 0.6 is 0 Å². The molecular weight excluding hydrogens is 383 g/mol. The maximum absolute atomic E-state index is 12.6. The zero-order valence-corrected chi connectivity index (χ0v) is 16.3. The van der Waals surface area contributed by atoms with Crippen molar-refractivity contribution in [2.24, 2.45) is 0 Å². The normalized spacial score (nSPS) is 12.2. The van der Waals surface area contributed by atoms with Gasteiger partial charge in [-0.15, -0.1) is 0 Å². The second kappa shape index (κ2) is 9.95. The Morgan fingerprint density at radius 1 is 1.00 bits per heavy atom. The molecule has 0 aromatic heterocycles. The third kappa shape index (κ3) is 7.14. The van der Waals surface area contributed by atoms with Gasteiger partial charge < -0.3 is 15.5 Å². The van der Waals surface area contributed by atoms with Crippen molar-refractivity contribution in [3.8, 4) is 0 Å². The molecular formula is C21H24F3N3O2. The molecule has 29 heavy (non-hydrogen) atoms. The Labute approximate surface area is 167 Å². The van der Waals surface area contributed by atoms with Gasteiger partial charge >= 0.3 is 12.2 Å². The number of carbonyl (C=O) groups excluding carboxylic acids is 2. The second-order valence-electron chi connectivity index (χ2n) is 6.80. The van der Waals surface area contributed by atoms with Crippen LogP contribution in [0.3, 0.4) is 0 Å². The molecule has 2 aromatic carbocycles. The molecule has 8 heteroatoms. The highest BCUT2D eigenvalue weighted by Crippen LogP contribution is 2.29. The molecule has 5 nitrogen and oxygen atoms in total. The molecule has 0 aliphatic carbocycles. The lowest BCUT2D eigenvalue weighted by atomic mass is 10.0. The molecule has 0 fully saturated rings. The number of nitrogens with one attached hydrogen (secondary N) is 2. The van der Waals surface area contributed by atoms with Gasteiger partial charge in [-0.05, 0) is 29.7 Å². The fourth-order valence-corrected chi connectivity index (χ4v) is 2.68. The van der Waals surface area contributed by atoms with Crippen LogP contribution in [0.1, 0.15) is 29.2 Å². The van der Waals surface area contributed by atoms with E-state index in [1.54, 1.807) is 14.1 Å². The lowest BCUT2D eigenvalue weighted by Crippen LogP contribution is -2.40. The summed E-state index contributed by atoms with van der Waals surface area (Å²) >= 11 is 0. The van der Waals surface area contributed by atoms with Crippen LogP contribution < -0.4 is 10.6 Å². The van der Waals surface area contributed by atoms with Gasteiger partial charge in [0.05, 0.1) is 18.0 Å². The summed E-state index contributed by atoms with van der Waals surface area (Å²) in [5.41, 5.74) is 0.782. The van der Waals surface area contributed by atoms with Crippen molar-refractivity contribution in [3.05, 3.63) is 71.3 Å². The Morgan fingerprint density at radius 2 is 1.62 bits per heavy atom. The Balaban J connectivity index is 1.90. The fourth-order valence-electron chi connectivity index (χ4n) is 2.68. The molecule has 0 radical (unpaired) electrons. The van der Waals surface area contributed by atoms with Gasteiger partial charge in [-0.3, -0.25) is 4.79 Å². The zero-order chi connectivity index (χ0) is 21.4. The smallest absolute Gasteiger partial charge is 0.349 e. The van der Waals surface area contributed by atoms with Crippen LogP contribution in [0.5, 0.6) is 0 Å². The number of benzene rings is 2. The van der Waals surface area contributed by atoms with Gasteiger partial charge in [-0.1, -0.05) is 42.5 Å². The van der Waals surface area contributed by atoms with Crippen molar-refractivity contribution >= 4 is 11.9 Å². The maximum Gasteiger partial charge on any atom is 0.416 e. The molecule has 1 unspecified atom stereocenters. The van der Waals surface area contributed by atoms with Crippen molar-refractivity contribution in [3.63, 3.8) is 0 Å². The largest absolute Gasteiger partial charge is 0.416 e. The number of hydrogen-bond donors (Lipinski definition) is 2. The van der Waals surface area contributed by atoms with Crippen LogP contribution in [0.25, 0.3) is 0 Å². The van der Waals surface area contributed by atoms with Gasteiger partial charge in [0, 0.05) is 20.6 Å². The first-order valence-electron chi connectivity index (χ1n) is 9.12. The summed E-state index contributed by atoms with van der Waals surface area (Å²) in [5.74, 6) is -0.121. The summed E-state index contributed by atoms with van der Waals surface area (Å²) in [6.07, 6.45) is -3.87. The van der Waals surface area contributed by atoms with E-state index in [1.165, 1.54) is 17.0 Å². The molecule has 0 spiro atoms. The summed E-state index contributed by atoms with van der Waals surface area (Å²) in [7, 11) is 3.29. The number of halogens is 3. The van der Waals surface area contributed by atoms with Crippen LogP contribution in [0, 0.1) is 0 Å². The van der Waals surface area contributed by atoms with E-state index in [-0.39, 0.29) is 18.9 Å². The molecule has 0 aliphatic heterocycles. The molecule has 2 rings (SSSR count). The van der Waals surface area contributed by atoms with Crippen LogP contribution in [0.2, 0.25) is 0 Å². The molecule has 0 saturated carbocycles. The van der Waals surface area contributed by atoms with Crippen molar-refractivity contribution in [2.75, 3.05) is 20.6 Å². The Kier molecular flexibility index (Phi) is 7.64. The second-order valence-corrected chi connectivity index (χ2v) is 6.80. The van der Waals surface area contributed by atoms with E-state index in [9.17, 15) is 22.8 Å². The number of rotatable bonds is 7. The highest BCUT2D eigenvalue weighted by Gasteiger charge is 2.29. The van der Waals surface area contributed by atoms with E-state index in [2.05, 4.69) is 10.6 Å². The first-order chi connectivity index (χ1) is 13.7. The average molecular weight is 407 g/mol. The lowest BCUT2D eigenvalue weighted by Gasteiger charge is -2.21. The molecule has 1 atom stereocenters. The van der Waals surface area contributed by atoms with Crippen molar-refractivity contribution in [1.82, 2.24) is 15.5 Å². The minimum Gasteiger partial charge on any atom is -0.349 e. The molecule has 0 aliphatic rings. The molecule has 156 valence electrons. The Hall–Kier alpha value is -3.03. The van der Waals surface area contributed by atoms with E-state index < -0.39 is 23.8 Å². The first kappa shape index (κ1) is 22.3. The summed E-state index contributed by atoms with van der Waals surface area (Å²) in [5, 5.41) is 5.47. The van der Waals surface area contributed by atoms with E-state index in [1.807, 2.05) is 30.3 Å². The quantitative estimate of drug-likeness (QED) is 0.734. The number of nitrogens with zero attached hydrogens (tertiary/aromatic N) is 1. The number of amides is 3. The topological polar surface area (TPSA) is 61.4 Å². The first-order valence-corrected chi connectivity index (χ1v) is 9.12. The van der Waals surface area contributed by atoms with Crippen LogP contribution in [-0.2, 0) is 17.4 Å². The third-order valence-corrected chi connectivity index (χ3v) is 4.37. The fraction of sp³-hybridized carbons (Fsp3) is 0.333. The predicted molar refractivity (Wildman–Crippen MR) is 104 cm³/mol. The number of carbonyl (C=O) groups is 2. The highest BCUT2D eigenvalue weighted by atomic mass is 19.4.